The number of phenols is 1. The first-order valence-electron chi connectivity index (χ1n) is 9.61. The van der Waals surface area contributed by atoms with E-state index in [0.29, 0.717) is 10.6 Å². The van der Waals surface area contributed by atoms with E-state index in [1.165, 1.54) is 48.5 Å². The molecule has 1 atom stereocenters. The summed E-state index contributed by atoms with van der Waals surface area (Å²) in [4.78, 5) is 27.0. The van der Waals surface area contributed by atoms with Crippen LogP contribution < -0.4 is 4.90 Å². The third-order valence-corrected chi connectivity index (χ3v) is 5.50. The molecule has 1 amide bonds. The Balaban J connectivity index is 1.89. The largest absolute Gasteiger partial charge is 0.508 e. The van der Waals surface area contributed by atoms with E-state index >= 15 is 0 Å². The highest BCUT2D eigenvalue weighted by Gasteiger charge is 2.47. The van der Waals surface area contributed by atoms with Gasteiger partial charge in [-0.25, -0.2) is 0 Å². The van der Waals surface area contributed by atoms with Gasteiger partial charge in [-0.1, -0.05) is 23.7 Å². The SMILES string of the molecule is O=C1C(=O)N(c2ccc(C(F)(F)F)cc2)C(c2ccc(O)cc2)/C1=C(\O)c1ccc(Cl)cc1. The minimum atomic E-state index is -4.57. The van der Waals surface area contributed by atoms with E-state index < -0.39 is 35.2 Å². The number of ketones is 1. The zero-order chi connectivity index (χ0) is 23.9. The number of anilines is 1. The van der Waals surface area contributed by atoms with Gasteiger partial charge >= 0.3 is 6.18 Å². The molecule has 0 radical (unpaired) electrons. The van der Waals surface area contributed by atoms with Crippen LogP contribution in [-0.2, 0) is 15.8 Å². The second kappa shape index (κ2) is 8.29. The Labute approximate surface area is 191 Å². The molecule has 9 heteroatoms. The Morgan fingerprint density at radius 2 is 1.45 bits per heavy atom. The lowest BCUT2D eigenvalue weighted by Crippen LogP contribution is -2.29. The van der Waals surface area contributed by atoms with Crippen LogP contribution in [0.3, 0.4) is 0 Å². The molecule has 2 N–H and O–H groups in total. The van der Waals surface area contributed by atoms with E-state index in [4.69, 9.17) is 11.6 Å². The first-order chi connectivity index (χ1) is 15.6. The molecule has 0 aromatic heterocycles. The molecule has 0 spiro atoms. The van der Waals surface area contributed by atoms with Crippen LogP contribution in [0.5, 0.6) is 5.75 Å². The van der Waals surface area contributed by atoms with Gasteiger partial charge < -0.3 is 10.2 Å². The number of amides is 1. The fourth-order valence-electron chi connectivity index (χ4n) is 3.65. The van der Waals surface area contributed by atoms with Crippen LogP contribution >= 0.6 is 11.6 Å². The number of halogens is 4. The van der Waals surface area contributed by atoms with Crippen LogP contribution in [0, 0.1) is 0 Å². The van der Waals surface area contributed by atoms with Gasteiger partial charge in [0.25, 0.3) is 11.7 Å². The van der Waals surface area contributed by atoms with Crippen molar-refractivity contribution in [3.8, 4) is 5.75 Å². The van der Waals surface area contributed by atoms with Crippen molar-refractivity contribution >= 4 is 34.7 Å². The highest BCUT2D eigenvalue weighted by molar-refractivity contribution is 6.51. The summed E-state index contributed by atoms with van der Waals surface area (Å²) in [6.45, 7) is 0. The molecule has 3 aromatic rings. The zero-order valence-electron chi connectivity index (χ0n) is 16.7. The zero-order valence-corrected chi connectivity index (χ0v) is 17.4. The number of Topliss-reactive ketones (excluding diaryl/α,β-unsaturated/α-hetero) is 1. The number of carbonyl (C=O) groups excluding carboxylic acids is 2. The number of hydrogen-bond donors (Lipinski definition) is 2. The number of rotatable bonds is 3. The third-order valence-electron chi connectivity index (χ3n) is 5.24. The van der Waals surface area contributed by atoms with Crippen molar-refractivity contribution in [2.75, 3.05) is 4.90 Å². The maximum atomic E-state index is 13.0. The second-order valence-corrected chi connectivity index (χ2v) is 7.75. The molecular formula is C24H15ClF3NO4. The summed E-state index contributed by atoms with van der Waals surface area (Å²) in [6, 6.07) is 14.2. The molecule has 0 bridgehead atoms. The average Bonchev–Trinajstić information content (AvgIpc) is 3.04. The summed E-state index contributed by atoms with van der Waals surface area (Å²) >= 11 is 5.88. The molecule has 3 aromatic carbocycles. The highest BCUT2D eigenvalue weighted by Crippen LogP contribution is 2.43. The van der Waals surface area contributed by atoms with Gasteiger partial charge in [0.1, 0.15) is 11.5 Å². The fraction of sp³-hybridized carbons (Fsp3) is 0.0833. The monoisotopic (exact) mass is 473 g/mol. The lowest BCUT2D eigenvalue weighted by atomic mass is 9.95. The van der Waals surface area contributed by atoms with E-state index in [1.54, 1.807) is 0 Å². The molecule has 4 rings (SSSR count). The highest BCUT2D eigenvalue weighted by atomic mass is 35.5. The van der Waals surface area contributed by atoms with Gasteiger partial charge in [0, 0.05) is 16.3 Å². The number of aromatic hydroxyl groups is 1. The number of hydrogen-bond acceptors (Lipinski definition) is 4. The van der Waals surface area contributed by atoms with Crippen molar-refractivity contribution in [2.24, 2.45) is 0 Å². The number of aliphatic hydroxyl groups is 1. The van der Waals surface area contributed by atoms with Crippen molar-refractivity contribution in [2.45, 2.75) is 12.2 Å². The molecule has 168 valence electrons. The molecule has 1 saturated heterocycles. The van der Waals surface area contributed by atoms with Crippen molar-refractivity contribution < 1.29 is 33.0 Å². The summed E-state index contributed by atoms with van der Waals surface area (Å²) in [6.07, 6.45) is -4.57. The van der Waals surface area contributed by atoms with Crippen LogP contribution in [0.1, 0.15) is 22.7 Å². The maximum Gasteiger partial charge on any atom is 0.416 e. The second-order valence-electron chi connectivity index (χ2n) is 7.31. The van der Waals surface area contributed by atoms with Gasteiger partial charge in [-0.3, -0.25) is 14.5 Å². The quantitative estimate of drug-likeness (QED) is 0.291. The van der Waals surface area contributed by atoms with Gasteiger partial charge in [0.2, 0.25) is 0 Å². The van der Waals surface area contributed by atoms with E-state index in [2.05, 4.69) is 0 Å². The van der Waals surface area contributed by atoms with Crippen LogP contribution in [0.25, 0.3) is 5.76 Å². The van der Waals surface area contributed by atoms with Crippen molar-refractivity contribution in [1.29, 1.82) is 0 Å². The number of aliphatic hydroxyl groups excluding tert-OH is 1. The first-order valence-corrected chi connectivity index (χ1v) is 9.99. The smallest absolute Gasteiger partial charge is 0.416 e. The van der Waals surface area contributed by atoms with E-state index in [9.17, 15) is 33.0 Å². The van der Waals surface area contributed by atoms with Crippen molar-refractivity contribution in [3.05, 3.63) is 100 Å². The van der Waals surface area contributed by atoms with E-state index in [1.807, 2.05) is 0 Å². The van der Waals surface area contributed by atoms with Crippen LogP contribution in [0.4, 0.5) is 18.9 Å². The molecule has 33 heavy (non-hydrogen) atoms. The van der Waals surface area contributed by atoms with Gasteiger partial charge in [-0.15, -0.1) is 0 Å². The van der Waals surface area contributed by atoms with Gasteiger partial charge in [0.05, 0.1) is 17.2 Å². The average molecular weight is 474 g/mol. The van der Waals surface area contributed by atoms with Crippen molar-refractivity contribution in [3.63, 3.8) is 0 Å². The number of alkyl halides is 3. The van der Waals surface area contributed by atoms with Crippen LogP contribution in [0.2, 0.25) is 5.02 Å². The topological polar surface area (TPSA) is 77.8 Å². The van der Waals surface area contributed by atoms with Gasteiger partial charge in [0.15, 0.2) is 0 Å². The number of phenolic OH excluding ortho intramolecular Hbond substituents is 1. The predicted molar refractivity (Wildman–Crippen MR) is 116 cm³/mol. The Bertz CT molecular complexity index is 1250. The molecule has 0 aliphatic carbocycles. The first kappa shape index (κ1) is 22.4. The molecule has 1 unspecified atom stereocenters. The van der Waals surface area contributed by atoms with E-state index in [0.717, 1.165) is 29.2 Å². The molecular weight excluding hydrogens is 459 g/mol. The fourth-order valence-corrected chi connectivity index (χ4v) is 3.77. The lowest BCUT2D eigenvalue weighted by Gasteiger charge is -2.25. The number of carbonyl (C=O) groups is 2. The Morgan fingerprint density at radius 1 is 0.879 bits per heavy atom. The Morgan fingerprint density at radius 3 is 2.00 bits per heavy atom. The molecule has 1 aliphatic rings. The molecule has 1 fully saturated rings. The summed E-state index contributed by atoms with van der Waals surface area (Å²) < 4.78 is 39.0. The van der Waals surface area contributed by atoms with Gasteiger partial charge in [-0.2, -0.15) is 13.2 Å². The molecule has 5 nitrogen and oxygen atoms in total. The number of benzene rings is 3. The summed E-state index contributed by atoms with van der Waals surface area (Å²) in [5.74, 6) is -2.54. The summed E-state index contributed by atoms with van der Waals surface area (Å²) in [5.41, 5.74) is -0.521. The molecule has 1 aliphatic heterocycles. The maximum absolute atomic E-state index is 13.0. The number of nitrogens with zero attached hydrogens (tertiary/aromatic N) is 1. The molecule has 1 heterocycles. The van der Waals surface area contributed by atoms with Gasteiger partial charge in [-0.05, 0) is 66.2 Å². The Hall–Kier alpha value is -3.78. The third kappa shape index (κ3) is 4.17. The lowest BCUT2D eigenvalue weighted by molar-refractivity contribution is -0.137. The summed E-state index contributed by atoms with van der Waals surface area (Å²) in [7, 11) is 0. The van der Waals surface area contributed by atoms with Crippen LogP contribution in [-0.4, -0.2) is 21.9 Å². The minimum absolute atomic E-state index is 0.0401. The van der Waals surface area contributed by atoms with Crippen molar-refractivity contribution in [1.82, 2.24) is 0 Å². The predicted octanol–water partition coefficient (Wildman–Crippen LogP) is 5.69. The normalized spacial score (nSPS) is 18.1. The minimum Gasteiger partial charge on any atom is -0.508 e. The molecule has 0 saturated carbocycles. The summed E-state index contributed by atoms with van der Waals surface area (Å²) in [5, 5.41) is 21.0. The Kier molecular flexibility index (Phi) is 5.63. The standard InChI is InChI=1S/C24H15ClF3NO4/c25-16-7-1-14(2-8-16)21(31)19-20(13-3-11-18(30)12-4-13)29(23(33)22(19)32)17-9-5-15(6-10-17)24(26,27)28/h1-12,20,30-31H/b21-19+. The van der Waals surface area contributed by atoms with Crippen LogP contribution in [0.15, 0.2) is 78.4 Å². The van der Waals surface area contributed by atoms with E-state index in [-0.39, 0.29) is 22.6 Å².